The van der Waals surface area contributed by atoms with Crippen molar-refractivity contribution >= 4 is 27.7 Å². The third-order valence-corrected chi connectivity index (χ3v) is 6.28. The molecule has 0 spiro atoms. The van der Waals surface area contributed by atoms with Crippen LogP contribution in [-0.4, -0.2) is 27.4 Å². The summed E-state index contributed by atoms with van der Waals surface area (Å²) < 4.78 is 8.08. The summed E-state index contributed by atoms with van der Waals surface area (Å²) in [7, 11) is 1.68. The van der Waals surface area contributed by atoms with Crippen LogP contribution in [0.2, 0.25) is 0 Å². The van der Waals surface area contributed by atoms with E-state index in [1.807, 2.05) is 49.5 Å². The lowest BCUT2D eigenvalue weighted by atomic mass is 9.99. The van der Waals surface area contributed by atoms with Crippen LogP contribution in [0.25, 0.3) is 33.1 Å². The highest BCUT2D eigenvalue weighted by Crippen LogP contribution is 2.37. The number of aromatic nitrogens is 3. The molecule has 1 atom stereocenters. The second-order valence-electron chi connectivity index (χ2n) is 8.31. The van der Waals surface area contributed by atoms with Crippen LogP contribution in [0.1, 0.15) is 41.6 Å². The van der Waals surface area contributed by atoms with Crippen LogP contribution in [0.15, 0.2) is 72.9 Å². The van der Waals surface area contributed by atoms with Gasteiger partial charge in [0.05, 0.1) is 30.4 Å². The van der Waals surface area contributed by atoms with E-state index in [2.05, 4.69) is 41.8 Å². The Morgan fingerprint density at radius 3 is 2.39 bits per heavy atom. The molecule has 0 amide bonds. The van der Waals surface area contributed by atoms with E-state index < -0.39 is 0 Å². The van der Waals surface area contributed by atoms with E-state index in [-0.39, 0.29) is 11.8 Å². The minimum atomic E-state index is 0.0484. The van der Waals surface area contributed by atoms with Crippen molar-refractivity contribution in [3.63, 3.8) is 0 Å². The number of carbonyl (C=O) groups is 1. The molecule has 0 saturated carbocycles. The number of hydrogen-bond acceptors (Lipinski definition) is 4. The highest BCUT2D eigenvalue weighted by Gasteiger charge is 2.19. The van der Waals surface area contributed by atoms with Crippen LogP contribution in [0, 0.1) is 6.92 Å². The molecule has 5 heteroatoms. The first-order valence-electron chi connectivity index (χ1n) is 11.0. The Kier molecular flexibility index (Phi) is 5.17. The monoisotopic (exact) mass is 435 g/mol. The predicted molar refractivity (Wildman–Crippen MR) is 132 cm³/mol. The lowest BCUT2D eigenvalue weighted by molar-refractivity contribution is 0.101. The lowest BCUT2D eigenvalue weighted by Gasteiger charge is -2.18. The first-order valence-corrected chi connectivity index (χ1v) is 11.0. The zero-order valence-corrected chi connectivity index (χ0v) is 19.2. The Morgan fingerprint density at radius 2 is 1.73 bits per heavy atom. The second kappa shape index (κ2) is 8.17. The number of aryl methyl sites for hydroxylation is 1. The lowest BCUT2D eigenvalue weighted by Crippen LogP contribution is -2.08. The van der Waals surface area contributed by atoms with Crippen molar-refractivity contribution < 1.29 is 9.53 Å². The van der Waals surface area contributed by atoms with Crippen molar-refractivity contribution in [2.75, 3.05) is 7.11 Å². The van der Waals surface area contributed by atoms with Gasteiger partial charge in [0.2, 0.25) is 0 Å². The standard InChI is InChI=1S/C28H25N3O2/c1-17(20-8-6-5-7-9-20)31-19(3)30-26-16-29-25-14-23(27(33-4)15-24(25)28(26)31)22-12-10-21(11-13-22)18(2)32/h5-17H,1-4H3/t17-/m0/s1. The van der Waals surface area contributed by atoms with Crippen LogP contribution in [0.3, 0.4) is 0 Å². The van der Waals surface area contributed by atoms with Crippen LogP contribution < -0.4 is 4.74 Å². The number of carbonyl (C=O) groups excluding carboxylic acids is 1. The number of ketones is 1. The van der Waals surface area contributed by atoms with Crippen molar-refractivity contribution in [3.8, 4) is 16.9 Å². The molecule has 3 aromatic carbocycles. The maximum Gasteiger partial charge on any atom is 0.159 e. The van der Waals surface area contributed by atoms with Crippen LogP contribution in [0.5, 0.6) is 5.75 Å². The summed E-state index contributed by atoms with van der Waals surface area (Å²) in [6, 6.07) is 22.2. The minimum absolute atomic E-state index is 0.0484. The number of nitrogens with zero attached hydrogens (tertiary/aromatic N) is 3. The Balaban J connectivity index is 1.73. The van der Waals surface area contributed by atoms with Crippen LogP contribution in [0.4, 0.5) is 0 Å². The van der Waals surface area contributed by atoms with Gasteiger partial charge >= 0.3 is 0 Å². The predicted octanol–water partition coefficient (Wildman–Crippen LogP) is 6.38. The molecule has 0 saturated heterocycles. The third-order valence-electron chi connectivity index (χ3n) is 6.28. The summed E-state index contributed by atoms with van der Waals surface area (Å²) in [5, 5.41) is 0.997. The number of Topliss-reactive ketones (excluding diaryl/α,β-unsaturated/α-hetero) is 1. The van der Waals surface area contributed by atoms with Crippen molar-refractivity contribution in [1.29, 1.82) is 0 Å². The van der Waals surface area contributed by atoms with Gasteiger partial charge in [0.15, 0.2) is 5.78 Å². The maximum absolute atomic E-state index is 11.7. The Morgan fingerprint density at radius 1 is 1.00 bits per heavy atom. The Hall–Kier alpha value is -3.99. The molecule has 0 aliphatic carbocycles. The fraction of sp³-hybridized carbons (Fsp3) is 0.179. The second-order valence-corrected chi connectivity index (χ2v) is 8.31. The SMILES string of the molecule is COc1cc2c(cc1-c1ccc(C(C)=O)cc1)ncc1nc(C)n([C@@H](C)c3ccccc3)c12. The molecular weight excluding hydrogens is 410 g/mol. The molecule has 33 heavy (non-hydrogen) atoms. The van der Waals surface area contributed by atoms with Gasteiger partial charge in [-0.25, -0.2) is 4.98 Å². The van der Waals surface area contributed by atoms with Gasteiger partial charge in [-0.2, -0.15) is 0 Å². The van der Waals surface area contributed by atoms with Gasteiger partial charge in [-0.3, -0.25) is 9.78 Å². The van der Waals surface area contributed by atoms with Crippen molar-refractivity contribution in [1.82, 2.24) is 14.5 Å². The highest BCUT2D eigenvalue weighted by atomic mass is 16.5. The van der Waals surface area contributed by atoms with Crippen molar-refractivity contribution in [2.24, 2.45) is 0 Å². The highest BCUT2D eigenvalue weighted by molar-refractivity contribution is 6.05. The van der Waals surface area contributed by atoms with E-state index in [1.165, 1.54) is 5.56 Å². The van der Waals surface area contributed by atoms with Crippen LogP contribution >= 0.6 is 0 Å². The van der Waals surface area contributed by atoms with Gasteiger partial charge in [0.25, 0.3) is 0 Å². The van der Waals surface area contributed by atoms with Gasteiger partial charge < -0.3 is 9.30 Å². The van der Waals surface area contributed by atoms with E-state index >= 15 is 0 Å². The summed E-state index contributed by atoms with van der Waals surface area (Å²) in [4.78, 5) is 21.2. The van der Waals surface area contributed by atoms with Crippen molar-refractivity contribution in [2.45, 2.75) is 26.8 Å². The molecule has 0 aliphatic heterocycles. The number of pyridine rings is 1. The topological polar surface area (TPSA) is 57.0 Å². The average molecular weight is 436 g/mol. The van der Waals surface area contributed by atoms with E-state index in [1.54, 1.807) is 14.0 Å². The van der Waals surface area contributed by atoms with Gasteiger partial charge in [-0.15, -0.1) is 0 Å². The molecule has 0 unspecified atom stereocenters. The summed E-state index contributed by atoms with van der Waals surface area (Å²) in [5.41, 5.74) is 6.60. The Bertz CT molecular complexity index is 1490. The van der Waals surface area contributed by atoms with Gasteiger partial charge in [0.1, 0.15) is 17.1 Å². The smallest absolute Gasteiger partial charge is 0.159 e. The number of imidazole rings is 1. The third kappa shape index (κ3) is 3.55. The quantitative estimate of drug-likeness (QED) is 0.301. The molecule has 0 bridgehead atoms. The minimum Gasteiger partial charge on any atom is -0.496 e. The van der Waals surface area contributed by atoms with E-state index in [0.717, 1.165) is 44.6 Å². The number of benzene rings is 3. The number of fused-ring (bicyclic) bond motifs is 3. The first kappa shape index (κ1) is 20.9. The normalized spacial score (nSPS) is 12.2. The molecule has 0 N–H and O–H groups in total. The summed E-state index contributed by atoms with van der Waals surface area (Å²) in [6.07, 6.45) is 1.84. The molecule has 5 nitrogen and oxygen atoms in total. The van der Waals surface area contributed by atoms with E-state index in [0.29, 0.717) is 5.56 Å². The first-order chi connectivity index (χ1) is 16.0. The molecule has 5 rings (SSSR count). The number of ether oxygens (including phenoxy) is 1. The summed E-state index contributed by atoms with van der Waals surface area (Å²) >= 11 is 0. The molecule has 164 valence electrons. The maximum atomic E-state index is 11.7. The summed E-state index contributed by atoms with van der Waals surface area (Å²) in [5.74, 6) is 1.75. The number of rotatable bonds is 5. The molecule has 2 aromatic heterocycles. The largest absolute Gasteiger partial charge is 0.496 e. The molecular formula is C28H25N3O2. The number of methoxy groups -OCH3 is 1. The molecule has 5 aromatic rings. The van der Waals surface area contributed by atoms with E-state index in [4.69, 9.17) is 14.7 Å². The molecule has 0 fully saturated rings. The zero-order chi connectivity index (χ0) is 23.1. The summed E-state index contributed by atoms with van der Waals surface area (Å²) in [6.45, 7) is 5.80. The Labute approximate surface area is 192 Å². The fourth-order valence-electron chi connectivity index (χ4n) is 4.55. The van der Waals surface area contributed by atoms with Crippen molar-refractivity contribution in [3.05, 3.63) is 89.9 Å². The zero-order valence-electron chi connectivity index (χ0n) is 19.2. The van der Waals surface area contributed by atoms with Gasteiger partial charge in [-0.1, -0.05) is 54.6 Å². The van der Waals surface area contributed by atoms with Crippen LogP contribution in [-0.2, 0) is 0 Å². The fourth-order valence-corrected chi connectivity index (χ4v) is 4.55. The molecule has 0 radical (unpaired) electrons. The number of hydrogen-bond donors (Lipinski definition) is 0. The van der Waals surface area contributed by atoms with Gasteiger partial charge in [-0.05, 0) is 44.0 Å². The van der Waals surface area contributed by atoms with E-state index in [9.17, 15) is 4.79 Å². The molecule has 2 heterocycles. The molecule has 0 aliphatic rings. The average Bonchev–Trinajstić information content (AvgIpc) is 3.19. The van der Waals surface area contributed by atoms with Gasteiger partial charge in [0, 0.05) is 16.5 Å².